The van der Waals surface area contributed by atoms with E-state index in [1.54, 1.807) is 0 Å². The van der Waals surface area contributed by atoms with E-state index in [2.05, 4.69) is 281 Å². The summed E-state index contributed by atoms with van der Waals surface area (Å²) >= 11 is 0. The molecule has 8 aromatic rings. The lowest BCUT2D eigenvalue weighted by molar-refractivity contribution is 0.195. The molecule has 0 saturated heterocycles. The second kappa shape index (κ2) is 17.4. The normalized spacial score (nSPS) is 19.0. The van der Waals surface area contributed by atoms with Crippen LogP contribution in [-0.4, -0.2) is 12.3 Å². The molecular formula is C72H78BN3. The molecule has 4 heteroatoms. The lowest BCUT2D eigenvalue weighted by atomic mass is 9.33. The summed E-state index contributed by atoms with van der Waals surface area (Å²) in [7, 11) is 0. The number of fused-ring (bicyclic) bond motifs is 7. The third kappa shape index (κ3) is 7.90. The topological polar surface area (TPSA) is 9.72 Å². The molecule has 0 spiro atoms. The van der Waals surface area contributed by atoms with Crippen molar-refractivity contribution in [1.29, 1.82) is 0 Å². The molecule has 1 fully saturated rings. The molecule has 2 unspecified atom stereocenters. The van der Waals surface area contributed by atoms with Gasteiger partial charge < -0.3 is 14.7 Å². The van der Waals surface area contributed by atoms with Crippen LogP contribution in [0.4, 0.5) is 45.5 Å². The molecule has 1 aliphatic carbocycles. The van der Waals surface area contributed by atoms with E-state index < -0.39 is 0 Å². The summed E-state index contributed by atoms with van der Waals surface area (Å²) in [4.78, 5) is 8.10. The molecule has 4 aliphatic rings. The molecular weight excluding hydrogens is 918 g/mol. The average molecular weight is 996 g/mol. The third-order valence-corrected chi connectivity index (χ3v) is 18.4. The largest absolute Gasteiger partial charge is 0.334 e. The van der Waals surface area contributed by atoms with Crippen molar-refractivity contribution < 1.29 is 0 Å². The Labute approximate surface area is 456 Å². The van der Waals surface area contributed by atoms with Gasteiger partial charge in [0, 0.05) is 50.8 Å². The van der Waals surface area contributed by atoms with Crippen LogP contribution < -0.4 is 31.1 Å². The number of anilines is 8. The highest BCUT2D eigenvalue weighted by atomic mass is 15.3. The molecule has 0 radical (unpaired) electrons. The molecule has 0 amide bonds. The molecule has 0 N–H and O–H groups in total. The van der Waals surface area contributed by atoms with E-state index in [0.29, 0.717) is 0 Å². The van der Waals surface area contributed by atoms with Gasteiger partial charge in [0.1, 0.15) is 0 Å². The summed E-state index contributed by atoms with van der Waals surface area (Å²) in [5.41, 5.74) is 25.5. The van der Waals surface area contributed by atoms with E-state index in [4.69, 9.17) is 0 Å². The second-order valence-corrected chi connectivity index (χ2v) is 27.4. The van der Waals surface area contributed by atoms with Crippen molar-refractivity contribution in [1.82, 2.24) is 0 Å². The van der Waals surface area contributed by atoms with Gasteiger partial charge in [-0.1, -0.05) is 206 Å². The molecule has 12 rings (SSSR count). The van der Waals surface area contributed by atoms with Crippen molar-refractivity contribution in [3.8, 4) is 22.3 Å². The maximum absolute atomic E-state index is 2.78. The van der Waals surface area contributed by atoms with Gasteiger partial charge in [0.05, 0.1) is 11.2 Å². The first-order chi connectivity index (χ1) is 36.0. The maximum Gasteiger partial charge on any atom is 0.252 e. The van der Waals surface area contributed by atoms with Gasteiger partial charge in [-0.2, -0.15) is 0 Å². The van der Waals surface area contributed by atoms with Crippen LogP contribution in [0.1, 0.15) is 150 Å². The van der Waals surface area contributed by atoms with Gasteiger partial charge >= 0.3 is 0 Å². The SMILES string of the molecule is CC(C)(C)c1ccc(N2c3cc(N4c5ccc(-c6ccccc6)cc5C5(C)CCCCC45C)ccc3B3c4ccc(C(C)(C)C)cc4N(c4ccc(C(C)(C)C)cc4-c4ccccc4)c4cc(C(C)(C)C)cc2c43)cc1. The quantitative estimate of drug-likeness (QED) is 0.159. The Kier molecular flexibility index (Phi) is 11.4. The number of hydrogen-bond acceptors (Lipinski definition) is 3. The highest BCUT2D eigenvalue weighted by Gasteiger charge is 2.58. The maximum atomic E-state index is 2.78. The Morgan fingerprint density at radius 2 is 0.882 bits per heavy atom. The van der Waals surface area contributed by atoms with Crippen LogP contribution in [0, 0.1) is 0 Å². The monoisotopic (exact) mass is 996 g/mol. The molecule has 384 valence electrons. The zero-order chi connectivity index (χ0) is 53.5. The van der Waals surface area contributed by atoms with Crippen molar-refractivity contribution in [3.63, 3.8) is 0 Å². The minimum absolute atomic E-state index is 0.0164. The van der Waals surface area contributed by atoms with Crippen molar-refractivity contribution in [2.24, 2.45) is 0 Å². The van der Waals surface area contributed by atoms with Gasteiger partial charge in [-0.25, -0.2) is 0 Å². The minimum atomic E-state index is -0.152. The first-order valence-corrected chi connectivity index (χ1v) is 28.3. The molecule has 3 heterocycles. The third-order valence-electron chi connectivity index (χ3n) is 18.4. The highest BCUT2D eigenvalue weighted by Crippen LogP contribution is 2.62. The van der Waals surface area contributed by atoms with Crippen LogP contribution in [0.2, 0.25) is 0 Å². The molecule has 2 atom stereocenters. The molecule has 0 aromatic heterocycles. The van der Waals surface area contributed by atoms with Crippen molar-refractivity contribution in [3.05, 3.63) is 198 Å². The zero-order valence-corrected chi connectivity index (χ0v) is 47.9. The van der Waals surface area contributed by atoms with Crippen LogP contribution in [0.3, 0.4) is 0 Å². The molecule has 0 bridgehead atoms. The van der Waals surface area contributed by atoms with Gasteiger partial charge in [0.25, 0.3) is 6.71 Å². The first kappa shape index (κ1) is 50.1. The summed E-state index contributed by atoms with van der Waals surface area (Å²) < 4.78 is 0. The minimum Gasteiger partial charge on any atom is -0.334 e. The lowest BCUT2D eigenvalue weighted by Crippen LogP contribution is -2.61. The van der Waals surface area contributed by atoms with Gasteiger partial charge in [-0.3, -0.25) is 0 Å². The Morgan fingerprint density at radius 3 is 1.51 bits per heavy atom. The molecule has 3 nitrogen and oxygen atoms in total. The standard InChI is InChI=1S/C72H78BN3/c1-67(2,3)50-28-32-54(33-29-50)74-63-46-55(76-61-37-27-49(47-23-17-15-18-24-47)41-57(61)71(13)39-21-22-40-72(71,76)14)34-36-59(63)73-58-35-30-52(69(7,8)9)43-62(58)75(65-45-53(70(10,11)12)44-64(74)66(65)73)60-38-31-51(68(4,5)6)42-56(60)48-25-19-16-20-26-48/h15-20,23-38,41-46H,21-22,39-40H2,1-14H3. The predicted molar refractivity (Wildman–Crippen MR) is 329 cm³/mol. The number of benzene rings is 8. The first-order valence-electron chi connectivity index (χ1n) is 28.3. The van der Waals surface area contributed by atoms with Gasteiger partial charge in [-0.05, 0) is 169 Å². The zero-order valence-electron chi connectivity index (χ0n) is 47.9. The fourth-order valence-corrected chi connectivity index (χ4v) is 13.7. The van der Waals surface area contributed by atoms with E-state index in [1.165, 1.54) is 131 Å². The van der Waals surface area contributed by atoms with E-state index in [9.17, 15) is 0 Å². The van der Waals surface area contributed by atoms with Gasteiger partial charge in [0.2, 0.25) is 0 Å². The summed E-state index contributed by atoms with van der Waals surface area (Å²) in [6.07, 6.45) is 4.78. The number of hydrogen-bond donors (Lipinski definition) is 0. The molecule has 3 aliphatic heterocycles. The fourth-order valence-electron chi connectivity index (χ4n) is 13.7. The predicted octanol–water partition coefficient (Wildman–Crippen LogP) is 18.0. The lowest BCUT2D eigenvalue weighted by Gasteiger charge is -2.51. The van der Waals surface area contributed by atoms with E-state index in [1.807, 2.05) is 0 Å². The van der Waals surface area contributed by atoms with Gasteiger partial charge in [0.15, 0.2) is 0 Å². The smallest absolute Gasteiger partial charge is 0.252 e. The Balaban J connectivity index is 1.16. The van der Waals surface area contributed by atoms with Crippen LogP contribution in [-0.2, 0) is 27.1 Å². The van der Waals surface area contributed by atoms with Crippen LogP contribution in [0.15, 0.2) is 170 Å². The van der Waals surface area contributed by atoms with Crippen LogP contribution >= 0.6 is 0 Å². The fraction of sp³-hybridized carbons (Fsp3) is 0.333. The summed E-state index contributed by atoms with van der Waals surface area (Å²) in [6.45, 7) is 33.3. The summed E-state index contributed by atoms with van der Waals surface area (Å²) in [5, 5.41) is 0. The van der Waals surface area contributed by atoms with Crippen LogP contribution in [0.5, 0.6) is 0 Å². The molecule has 76 heavy (non-hydrogen) atoms. The summed E-state index contributed by atoms with van der Waals surface area (Å²) in [6, 6.07) is 66.4. The molecule has 1 saturated carbocycles. The second-order valence-electron chi connectivity index (χ2n) is 27.4. The number of rotatable bonds is 5. The van der Waals surface area contributed by atoms with Crippen LogP contribution in [0.25, 0.3) is 22.3 Å². The van der Waals surface area contributed by atoms with Crippen molar-refractivity contribution in [2.45, 2.75) is 155 Å². The van der Waals surface area contributed by atoms with Crippen molar-refractivity contribution >= 4 is 68.6 Å². The van der Waals surface area contributed by atoms with E-state index in [-0.39, 0.29) is 39.3 Å². The van der Waals surface area contributed by atoms with Crippen molar-refractivity contribution in [2.75, 3.05) is 14.7 Å². The Hall–Kier alpha value is -6.78. The number of nitrogens with zero attached hydrogens (tertiary/aromatic N) is 3. The Morgan fingerprint density at radius 1 is 0.382 bits per heavy atom. The Bertz CT molecular complexity index is 3560. The van der Waals surface area contributed by atoms with E-state index >= 15 is 0 Å². The highest BCUT2D eigenvalue weighted by molar-refractivity contribution is 7.00. The van der Waals surface area contributed by atoms with E-state index in [0.717, 1.165) is 6.42 Å². The average Bonchev–Trinajstić information content (AvgIpc) is 3.59. The summed E-state index contributed by atoms with van der Waals surface area (Å²) in [5.74, 6) is 0. The molecule has 8 aromatic carbocycles. The van der Waals surface area contributed by atoms with Gasteiger partial charge in [-0.15, -0.1) is 0 Å².